The third-order valence-corrected chi connectivity index (χ3v) is 16.7. The highest BCUT2D eigenvalue weighted by Gasteiger charge is 2.49. The first-order valence-corrected chi connectivity index (χ1v) is 26.4. The molecule has 0 saturated heterocycles. The highest BCUT2D eigenvalue weighted by Crippen LogP contribution is 2.60. The summed E-state index contributed by atoms with van der Waals surface area (Å²) in [5.41, 5.74) is 27.1. The largest absolute Gasteiger partial charge is 0.311 e. The topological polar surface area (TPSA) is 3.24 Å². The normalized spacial score (nSPS) is 16.1. The van der Waals surface area contributed by atoms with E-state index in [9.17, 15) is 0 Å². The number of nitrogens with zero attached hydrogens (tertiary/aromatic N) is 1. The first-order chi connectivity index (χ1) is 35.0. The van der Waals surface area contributed by atoms with E-state index in [0.717, 1.165) is 49.2 Å². The first-order valence-electron chi connectivity index (χ1n) is 26.4. The summed E-state index contributed by atoms with van der Waals surface area (Å²) in [4.78, 5) is 2.40. The Kier molecular flexibility index (Phi) is 11.4. The Morgan fingerprint density at radius 1 is 0.444 bits per heavy atom. The quantitative estimate of drug-likeness (QED) is 0.125. The molecule has 72 heavy (non-hydrogen) atoms. The predicted octanol–water partition coefficient (Wildman–Crippen LogP) is 16.7. The molecule has 1 heteroatoms. The third-order valence-electron chi connectivity index (χ3n) is 16.7. The van der Waals surface area contributed by atoms with E-state index in [0.29, 0.717) is 5.92 Å². The summed E-state index contributed by atoms with van der Waals surface area (Å²) >= 11 is 0. The fraction of sp³-hybridized carbons (Fsp3) is 0.211. The van der Waals surface area contributed by atoms with E-state index in [4.69, 9.17) is 0 Å². The second kappa shape index (κ2) is 18.0. The highest BCUT2D eigenvalue weighted by atomic mass is 15.1. The minimum absolute atomic E-state index is 0.126. The van der Waals surface area contributed by atoms with Crippen molar-refractivity contribution in [3.8, 4) is 22.3 Å². The van der Waals surface area contributed by atoms with E-state index in [1.54, 1.807) is 0 Å². The molecule has 0 fully saturated rings. The van der Waals surface area contributed by atoms with Gasteiger partial charge in [-0.1, -0.05) is 188 Å². The standard InChI is InChI=1S/C71H65N/c1-46-16-24-51(25-17-46)26-31-54(53-29-18-47(2)19-30-53)43-52-27-32-55(33-28-52)71(56-34-40-59(41-35-56)72(57-36-20-48(3)21-37-57)58-38-22-49(4)23-39-58)67-44-63-61-13-10-11-15-65(61)70(6,7)66(63)45-64(67)69-62-14-9-8-12-60(62)50(5)42-68(69)71/h10-25,27-30,32-42,44-45,54H,8-9,26,31,43H2,1-7H3. The van der Waals surface area contributed by atoms with Crippen LogP contribution in [-0.4, -0.2) is 0 Å². The molecule has 0 heterocycles. The van der Waals surface area contributed by atoms with Gasteiger partial charge in [0.2, 0.25) is 0 Å². The van der Waals surface area contributed by atoms with Crippen LogP contribution in [0.4, 0.5) is 17.1 Å². The zero-order valence-corrected chi connectivity index (χ0v) is 43.1. The molecule has 0 spiro atoms. The van der Waals surface area contributed by atoms with Crippen LogP contribution in [0.25, 0.3) is 34.4 Å². The lowest BCUT2D eigenvalue weighted by Crippen LogP contribution is -2.35. The molecule has 9 aromatic carbocycles. The summed E-state index contributed by atoms with van der Waals surface area (Å²) in [6.07, 6.45) is 10.3. The van der Waals surface area contributed by atoms with Gasteiger partial charge < -0.3 is 4.90 Å². The maximum atomic E-state index is 2.62. The van der Waals surface area contributed by atoms with Crippen molar-refractivity contribution in [3.63, 3.8) is 0 Å². The van der Waals surface area contributed by atoms with Crippen molar-refractivity contribution in [3.05, 3.63) is 276 Å². The van der Waals surface area contributed by atoms with Crippen LogP contribution in [0, 0.1) is 34.6 Å². The second-order valence-corrected chi connectivity index (χ2v) is 21.9. The molecule has 0 radical (unpaired) electrons. The average Bonchev–Trinajstić information content (AvgIpc) is 3.81. The third kappa shape index (κ3) is 7.68. The van der Waals surface area contributed by atoms with Gasteiger partial charge in [0, 0.05) is 22.5 Å². The van der Waals surface area contributed by atoms with Gasteiger partial charge >= 0.3 is 0 Å². The summed E-state index contributed by atoms with van der Waals surface area (Å²) in [7, 11) is 0. The van der Waals surface area contributed by atoms with Crippen LogP contribution in [0.15, 0.2) is 188 Å². The van der Waals surface area contributed by atoms with E-state index in [2.05, 4.69) is 254 Å². The SMILES string of the molecule is Cc1ccc(CCC(Cc2ccc(C3(c4ccc(N(c5ccc(C)cc5)c5ccc(C)cc5)cc4)c4cc5c(cc4-c4c3cc(C)c3c4=CCCC=3)C(C)(C)c3ccccc3-5)cc2)c2ccc(C)cc2)cc1. The van der Waals surface area contributed by atoms with Crippen LogP contribution < -0.4 is 15.3 Å². The molecule has 0 bridgehead atoms. The maximum Gasteiger partial charge on any atom is 0.0714 e. The van der Waals surface area contributed by atoms with Crippen LogP contribution in [0.5, 0.6) is 0 Å². The van der Waals surface area contributed by atoms with Crippen molar-refractivity contribution in [2.75, 3.05) is 4.90 Å². The summed E-state index contributed by atoms with van der Waals surface area (Å²) in [6.45, 7) is 15.9. The number of fused-ring (bicyclic) bond motifs is 8. The molecule has 12 rings (SSSR count). The van der Waals surface area contributed by atoms with E-state index in [1.807, 2.05) is 0 Å². The number of hydrogen-bond acceptors (Lipinski definition) is 1. The molecule has 0 saturated carbocycles. The lowest BCUT2D eigenvalue weighted by Gasteiger charge is -2.35. The van der Waals surface area contributed by atoms with Crippen LogP contribution in [0.2, 0.25) is 0 Å². The molecular weight excluding hydrogens is 867 g/mol. The Hall–Kier alpha value is -7.48. The summed E-state index contributed by atoms with van der Waals surface area (Å²) in [5.74, 6) is 0.393. The van der Waals surface area contributed by atoms with E-state index in [1.165, 1.54) is 111 Å². The Labute approximate surface area is 427 Å². The fourth-order valence-corrected chi connectivity index (χ4v) is 12.8. The van der Waals surface area contributed by atoms with Crippen molar-refractivity contribution in [2.45, 2.75) is 97.3 Å². The number of hydrogen-bond donors (Lipinski definition) is 0. The second-order valence-electron chi connectivity index (χ2n) is 21.9. The monoisotopic (exact) mass is 932 g/mol. The molecule has 3 aliphatic rings. The van der Waals surface area contributed by atoms with Crippen molar-refractivity contribution in [1.29, 1.82) is 0 Å². The molecule has 3 aliphatic carbocycles. The lowest BCUT2D eigenvalue weighted by molar-refractivity contribution is 0.620. The minimum atomic E-state index is -0.593. The highest BCUT2D eigenvalue weighted by molar-refractivity contribution is 5.93. The Morgan fingerprint density at radius 3 is 1.56 bits per heavy atom. The van der Waals surface area contributed by atoms with Crippen LogP contribution >= 0.6 is 0 Å². The van der Waals surface area contributed by atoms with Crippen molar-refractivity contribution in [1.82, 2.24) is 0 Å². The Morgan fingerprint density at radius 2 is 0.944 bits per heavy atom. The zero-order valence-electron chi connectivity index (χ0n) is 43.1. The molecule has 0 aliphatic heterocycles. The molecule has 2 atom stereocenters. The molecule has 354 valence electrons. The van der Waals surface area contributed by atoms with Gasteiger partial charge in [-0.2, -0.15) is 0 Å². The molecule has 9 aromatic rings. The number of rotatable bonds is 11. The van der Waals surface area contributed by atoms with E-state index >= 15 is 0 Å². The van der Waals surface area contributed by atoms with Gasteiger partial charge in [-0.25, -0.2) is 0 Å². The smallest absolute Gasteiger partial charge is 0.0714 e. The Balaban J connectivity index is 1.06. The van der Waals surface area contributed by atoms with Gasteiger partial charge in [0.05, 0.1) is 5.41 Å². The molecule has 0 aromatic heterocycles. The average molecular weight is 932 g/mol. The fourth-order valence-electron chi connectivity index (χ4n) is 12.8. The summed E-state index contributed by atoms with van der Waals surface area (Å²) in [6, 6.07) is 72.8. The summed E-state index contributed by atoms with van der Waals surface area (Å²) < 4.78 is 0. The van der Waals surface area contributed by atoms with Gasteiger partial charge in [-0.05, 0) is 209 Å². The van der Waals surface area contributed by atoms with Gasteiger partial charge in [0.25, 0.3) is 0 Å². The molecule has 0 N–H and O–H groups in total. The lowest BCUT2D eigenvalue weighted by atomic mass is 9.66. The predicted molar refractivity (Wildman–Crippen MR) is 305 cm³/mol. The van der Waals surface area contributed by atoms with Crippen LogP contribution in [0.1, 0.15) is 117 Å². The van der Waals surface area contributed by atoms with Crippen LogP contribution in [0.3, 0.4) is 0 Å². The van der Waals surface area contributed by atoms with Gasteiger partial charge in [0.15, 0.2) is 0 Å². The number of aryl methyl sites for hydroxylation is 6. The molecular formula is C71H65N. The van der Waals surface area contributed by atoms with Gasteiger partial charge in [-0.3, -0.25) is 0 Å². The van der Waals surface area contributed by atoms with E-state index < -0.39 is 5.41 Å². The summed E-state index contributed by atoms with van der Waals surface area (Å²) in [5, 5.41) is 2.80. The van der Waals surface area contributed by atoms with Crippen molar-refractivity contribution >= 4 is 29.2 Å². The van der Waals surface area contributed by atoms with Crippen molar-refractivity contribution < 1.29 is 0 Å². The molecule has 0 amide bonds. The van der Waals surface area contributed by atoms with Gasteiger partial charge in [0.1, 0.15) is 0 Å². The van der Waals surface area contributed by atoms with E-state index in [-0.39, 0.29) is 5.41 Å². The Bertz CT molecular complexity index is 3580. The number of anilines is 3. The molecule has 2 unspecified atom stereocenters. The number of benzene rings is 9. The van der Waals surface area contributed by atoms with Crippen molar-refractivity contribution in [2.24, 2.45) is 0 Å². The maximum absolute atomic E-state index is 2.62. The molecule has 1 nitrogen and oxygen atoms in total. The first kappa shape index (κ1) is 45.6. The minimum Gasteiger partial charge on any atom is -0.311 e. The zero-order chi connectivity index (χ0) is 49.3. The van der Waals surface area contributed by atoms with Crippen LogP contribution in [-0.2, 0) is 23.7 Å². The van der Waals surface area contributed by atoms with Gasteiger partial charge in [-0.15, -0.1) is 0 Å².